The summed E-state index contributed by atoms with van der Waals surface area (Å²) in [7, 11) is 2.64. The van der Waals surface area contributed by atoms with Crippen molar-refractivity contribution in [2.45, 2.75) is 44.8 Å². The van der Waals surface area contributed by atoms with Crippen LogP contribution in [0.2, 0.25) is 0 Å². The van der Waals surface area contributed by atoms with Crippen LogP contribution >= 0.6 is 20.6 Å². The fraction of sp³-hybridized carbons (Fsp3) is 0.310. The van der Waals surface area contributed by atoms with Gasteiger partial charge in [0.25, 0.3) is 5.91 Å². The van der Waals surface area contributed by atoms with Crippen molar-refractivity contribution in [1.82, 2.24) is 20.2 Å². The van der Waals surface area contributed by atoms with Crippen molar-refractivity contribution in [3.05, 3.63) is 113 Å². The van der Waals surface area contributed by atoms with E-state index in [0.29, 0.717) is 23.8 Å². The number of fused-ring (bicyclic) bond motifs is 2. The highest BCUT2D eigenvalue weighted by Gasteiger charge is 2.35. The van der Waals surface area contributed by atoms with Gasteiger partial charge in [-0.2, -0.15) is 0 Å². The monoisotopic (exact) mass is 774 g/mol. The molecule has 5 N–H and O–H groups in total. The summed E-state index contributed by atoms with van der Waals surface area (Å²) >= 11 is 1.35. The van der Waals surface area contributed by atoms with Gasteiger partial charge >= 0.3 is 0 Å². The number of nitrogens with one attached hydrogen (secondary N) is 4. The van der Waals surface area contributed by atoms with Gasteiger partial charge in [-0.25, -0.2) is 9.99 Å². The molecule has 8 rings (SSSR count). The number of piperazine rings is 1. The highest BCUT2D eigenvalue weighted by molar-refractivity contribution is 7.27. The van der Waals surface area contributed by atoms with Crippen LogP contribution in [0, 0.1) is 0 Å². The molecule has 0 bridgehead atoms. The van der Waals surface area contributed by atoms with Gasteiger partial charge in [0.2, 0.25) is 5.91 Å². The van der Waals surface area contributed by atoms with Crippen molar-refractivity contribution >= 4 is 59.9 Å². The van der Waals surface area contributed by atoms with Gasteiger partial charge in [0, 0.05) is 85.5 Å². The Labute approximate surface area is 328 Å². The molecule has 5 aromatic rings. The van der Waals surface area contributed by atoms with Crippen LogP contribution < -0.4 is 31.6 Å². The second-order valence-electron chi connectivity index (χ2n) is 14.4. The number of carbonyl (C=O) groups excluding carboxylic acids is 2. The maximum Gasteiger partial charge on any atom is 0.251 e. The molecule has 284 valence electrons. The molecule has 2 amide bonds. The van der Waals surface area contributed by atoms with Crippen LogP contribution in [-0.4, -0.2) is 71.1 Å². The number of phenolic OH excluding ortho intramolecular Hbond substituents is 1. The molecule has 4 aromatic carbocycles. The molecule has 11 nitrogen and oxygen atoms in total. The van der Waals surface area contributed by atoms with Crippen LogP contribution in [0.1, 0.15) is 58.8 Å². The molecule has 1 saturated heterocycles. The van der Waals surface area contributed by atoms with E-state index in [1.54, 1.807) is 18.3 Å². The fourth-order valence-corrected chi connectivity index (χ4v) is 8.59. The van der Waals surface area contributed by atoms with Crippen molar-refractivity contribution in [1.29, 1.82) is 0 Å². The first-order chi connectivity index (χ1) is 26.9. The van der Waals surface area contributed by atoms with Crippen LogP contribution in [0.4, 0.5) is 22.2 Å². The lowest BCUT2D eigenvalue weighted by molar-refractivity contribution is -0.121. The maximum atomic E-state index is 13.7. The number of nitrogens with zero attached hydrogens (tertiary/aromatic N) is 4. The summed E-state index contributed by atoms with van der Waals surface area (Å²) in [4.78, 5) is 34.9. The largest absolute Gasteiger partial charge is 0.508 e. The summed E-state index contributed by atoms with van der Waals surface area (Å²) in [6.45, 7) is 7.38. The number of benzene rings is 4. The van der Waals surface area contributed by atoms with Crippen molar-refractivity contribution in [3.8, 4) is 16.9 Å². The molecule has 55 heavy (non-hydrogen) atoms. The number of hydrogen-bond acceptors (Lipinski definition) is 10. The van der Waals surface area contributed by atoms with Crippen LogP contribution in [0.3, 0.4) is 0 Å². The molecule has 1 aromatic heterocycles. The first-order valence-corrected chi connectivity index (χ1v) is 20.5. The second kappa shape index (κ2) is 16.8. The normalized spacial score (nSPS) is 15.9. The molecular weight excluding hydrogens is 728 g/mol. The maximum absolute atomic E-state index is 13.7. The number of amides is 2. The Balaban J connectivity index is 0.805. The number of anilines is 4. The lowest BCUT2D eigenvalue weighted by Crippen LogP contribution is -2.46. The van der Waals surface area contributed by atoms with Crippen LogP contribution in [0.5, 0.6) is 5.75 Å². The van der Waals surface area contributed by atoms with Crippen molar-refractivity contribution in [2.75, 3.05) is 60.2 Å². The molecule has 13 heteroatoms. The van der Waals surface area contributed by atoms with Gasteiger partial charge in [-0.05, 0) is 83.8 Å². The van der Waals surface area contributed by atoms with E-state index >= 15 is 0 Å². The molecule has 0 radical (unpaired) electrons. The Kier molecular flexibility index (Phi) is 11.3. The van der Waals surface area contributed by atoms with Gasteiger partial charge in [0.1, 0.15) is 11.8 Å². The molecule has 1 fully saturated rings. The van der Waals surface area contributed by atoms with Crippen LogP contribution in [-0.2, 0) is 17.9 Å². The predicted octanol–water partition coefficient (Wildman–Crippen LogP) is 6.58. The van der Waals surface area contributed by atoms with Gasteiger partial charge in [-0.15, -0.1) is 20.6 Å². The van der Waals surface area contributed by atoms with Crippen molar-refractivity contribution in [3.63, 3.8) is 0 Å². The Morgan fingerprint density at radius 3 is 2.58 bits per heavy atom. The quantitative estimate of drug-likeness (QED) is 0.0629. The molecule has 2 atom stereocenters. The summed E-state index contributed by atoms with van der Waals surface area (Å²) in [6.07, 6.45) is 6.43. The number of hydrazine groups is 1. The van der Waals surface area contributed by atoms with Crippen LogP contribution in [0.15, 0.2) is 90.4 Å². The lowest BCUT2D eigenvalue weighted by atomic mass is 10.0. The summed E-state index contributed by atoms with van der Waals surface area (Å²) in [5.74, 6) is -0.185. The van der Waals surface area contributed by atoms with E-state index in [4.69, 9.17) is 0 Å². The zero-order valence-electron chi connectivity index (χ0n) is 30.8. The highest BCUT2D eigenvalue weighted by Crippen LogP contribution is 2.38. The minimum absolute atomic E-state index is 0.0281. The third-order valence-corrected chi connectivity index (χ3v) is 11.8. The van der Waals surface area contributed by atoms with E-state index in [-0.39, 0.29) is 17.6 Å². The zero-order valence-corrected chi connectivity index (χ0v) is 32.7. The van der Waals surface area contributed by atoms with E-state index in [1.165, 1.54) is 36.3 Å². The smallest absolute Gasteiger partial charge is 0.251 e. The molecule has 0 aliphatic carbocycles. The number of thiazole rings is 1. The van der Waals surface area contributed by atoms with E-state index in [1.807, 2.05) is 28.6 Å². The minimum atomic E-state index is -0.790. The Morgan fingerprint density at radius 1 is 0.945 bits per heavy atom. The van der Waals surface area contributed by atoms with Crippen LogP contribution in [0.25, 0.3) is 11.1 Å². The summed E-state index contributed by atoms with van der Waals surface area (Å²) < 4.78 is 0. The van der Waals surface area contributed by atoms with Gasteiger partial charge < -0.3 is 31.4 Å². The molecule has 2 unspecified atom stereocenters. The summed E-state index contributed by atoms with van der Waals surface area (Å²) in [6, 6.07) is 25.6. The number of phenols is 1. The molecular formula is C42H47N8O3PS. The van der Waals surface area contributed by atoms with E-state index in [0.717, 1.165) is 90.2 Å². The number of hydrogen-bond donors (Lipinski definition) is 5. The number of unbranched alkanes of at least 4 members (excludes halogenated alkanes) is 3. The number of carbonyl (C=O) groups is 2. The highest BCUT2D eigenvalue weighted by atomic mass is 32.1. The Hall–Kier alpha value is -5.00. The zero-order chi connectivity index (χ0) is 37.7. The van der Waals surface area contributed by atoms with E-state index in [2.05, 4.69) is 93.9 Å². The number of aromatic nitrogens is 1. The van der Waals surface area contributed by atoms with E-state index in [9.17, 15) is 14.7 Å². The minimum Gasteiger partial charge on any atom is -0.508 e. The van der Waals surface area contributed by atoms with Gasteiger partial charge in [0.15, 0.2) is 5.13 Å². The standard InChI is InChI=1S/C42H47N8O3PS/c51-38-15-14-32(54)25-34(38)39(41(53)46-42-44-17-23-55-42)50-27-30-9-8-29(24-37(30)47-50)28-10-12-31(13-11-28)49-21-19-48(20-22-49)18-4-2-1-3-16-43-36-7-5-6-33-35(36)26-45-40(33)52/h5-15,17,23-25,39,43,47,51H,1-4,16,18-22,26-27,54H2,(H,45,52)(H,44,46,53). The summed E-state index contributed by atoms with van der Waals surface area (Å²) in [5, 5.41) is 25.3. The number of aromatic hydroxyl groups is 1. The van der Waals surface area contributed by atoms with Gasteiger partial charge in [-0.1, -0.05) is 49.2 Å². The first-order valence-electron chi connectivity index (χ1n) is 19.1. The van der Waals surface area contributed by atoms with Crippen molar-refractivity contribution in [2.24, 2.45) is 0 Å². The predicted molar refractivity (Wildman–Crippen MR) is 225 cm³/mol. The molecule has 0 spiro atoms. The van der Waals surface area contributed by atoms with Gasteiger partial charge in [-0.3, -0.25) is 14.5 Å². The topological polar surface area (TPSA) is 125 Å². The van der Waals surface area contributed by atoms with E-state index < -0.39 is 6.04 Å². The fourth-order valence-electron chi connectivity index (χ4n) is 7.78. The third-order valence-electron chi connectivity index (χ3n) is 10.8. The number of rotatable bonds is 14. The molecule has 0 saturated carbocycles. The Bertz CT molecular complexity index is 2140. The molecule has 3 aliphatic heterocycles. The second-order valence-corrected chi connectivity index (χ2v) is 16.0. The summed E-state index contributed by atoms with van der Waals surface area (Å²) in [5.41, 5.74) is 12.4. The average molecular weight is 775 g/mol. The average Bonchev–Trinajstić information content (AvgIpc) is 3.97. The third kappa shape index (κ3) is 8.48. The molecule has 3 aliphatic rings. The molecule has 4 heterocycles. The van der Waals surface area contributed by atoms with Gasteiger partial charge in [0.05, 0.1) is 5.69 Å². The first kappa shape index (κ1) is 36.9. The van der Waals surface area contributed by atoms with Crippen molar-refractivity contribution < 1.29 is 14.7 Å². The Morgan fingerprint density at radius 2 is 1.76 bits per heavy atom. The SMILES string of the molecule is O=C1NCc2c(NCCCCCCN3CCN(c4ccc(-c5ccc6c(c5)NN(C(C(=O)Nc5nccs5)c5cc(P)ccc5O)C6)cc4)CC3)cccc21. The lowest BCUT2D eigenvalue weighted by Gasteiger charge is -2.36.